The van der Waals surface area contributed by atoms with Crippen LogP contribution in [-0.2, 0) is 9.59 Å². The Morgan fingerprint density at radius 2 is 2.04 bits per heavy atom. The summed E-state index contributed by atoms with van der Waals surface area (Å²) in [5, 5.41) is 12.1. The molecule has 3 rings (SSSR count). The Hall–Kier alpha value is -2.57. The number of benzene rings is 1. The maximum absolute atomic E-state index is 12.6. The average Bonchev–Trinajstić information content (AvgIpc) is 2.61. The number of piperidine rings is 2. The summed E-state index contributed by atoms with van der Waals surface area (Å²) in [4.78, 5) is 39.3. The van der Waals surface area contributed by atoms with Gasteiger partial charge < -0.3 is 20.2 Å². The SMILES string of the molecule is CC1CC(C(=O)O)CN(C(=O)Nc2cccc(N3CCCCC3=O)c2)C1. The number of aliphatic carboxylic acids is 1. The number of urea groups is 1. The second kappa shape index (κ2) is 7.76. The highest BCUT2D eigenvalue weighted by Gasteiger charge is 2.32. The molecule has 3 amide bonds. The maximum atomic E-state index is 12.6. The Balaban J connectivity index is 1.68. The molecule has 2 aliphatic heterocycles. The lowest BCUT2D eigenvalue weighted by molar-refractivity contribution is -0.143. The van der Waals surface area contributed by atoms with Crippen LogP contribution in [0.25, 0.3) is 0 Å². The summed E-state index contributed by atoms with van der Waals surface area (Å²) in [6.07, 6.45) is 3.04. The second-order valence-electron chi connectivity index (χ2n) is 7.26. The highest BCUT2D eigenvalue weighted by Crippen LogP contribution is 2.25. The lowest BCUT2D eigenvalue weighted by Gasteiger charge is -2.34. The molecule has 1 aromatic carbocycles. The van der Waals surface area contributed by atoms with Gasteiger partial charge in [-0.15, -0.1) is 0 Å². The van der Waals surface area contributed by atoms with Crippen molar-refractivity contribution in [3.05, 3.63) is 24.3 Å². The van der Waals surface area contributed by atoms with E-state index in [1.165, 1.54) is 0 Å². The molecule has 2 atom stereocenters. The van der Waals surface area contributed by atoms with Crippen LogP contribution in [-0.4, -0.2) is 47.5 Å². The summed E-state index contributed by atoms with van der Waals surface area (Å²) in [7, 11) is 0. The molecular weight excluding hydrogens is 334 g/mol. The van der Waals surface area contributed by atoms with Crippen molar-refractivity contribution in [3.63, 3.8) is 0 Å². The smallest absolute Gasteiger partial charge is 0.321 e. The number of hydrogen-bond donors (Lipinski definition) is 2. The standard InChI is InChI=1S/C19H25N3O4/c1-13-9-14(18(24)25)12-21(11-13)19(26)20-15-5-4-6-16(10-15)22-8-3-2-7-17(22)23/h4-6,10,13-14H,2-3,7-9,11-12H2,1H3,(H,20,26)(H,24,25). The maximum Gasteiger partial charge on any atom is 0.321 e. The second-order valence-corrected chi connectivity index (χ2v) is 7.26. The normalized spacial score (nSPS) is 23.7. The number of nitrogens with zero attached hydrogens (tertiary/aromatic N) is 2. The molecule has 2 fully saturated rings. The van der Waals surface area contributed by atoms with Crippen LogP contribution in [0.4, 0.5) is 16.2 Å². The summed E-state index contributed by atoms with van der Waals surface area (Å²) >= 11 is 0. The van der Waals surface area contributed by atoms with Gasteiger partial charge in [-0.2, -0.15) is 0 Å². The van der Waals surface area contributed by atoms with E-state index in [1.807, 2.05) is 19.1 Å². The van der Waals surface area contributed by atoms with E-state index in [4.69, 9.17) is 0 Å². The summed E-state index contributed by atoms with van der Waals surface area (Å²) in [5.41, 5.74) is 1.39. The third-order valence-corrected chi connectivity index (χ3v) is 5.03. The Kier molecular flexibility index (Phi) is 5.44. The Morgan fingerprint density at radius 3 is 2.77 bits per heavy atom. The zero-order valence-corrected chi connectivity index (χ0v) is 15.0. The van der Waals surface area contributed by atoms with Crippen molar-refractivity contribution >= 4 is 29.3 Å². The van der Waals surface area contributed by atoms with Crippen LogP contribution in [0.3, 0.4) is 0 Å². The molecule has 2 heterocycles. The zero-order chi connectivity index (χ0) is 18.7. The van der Waals surface area contributed by atoms with E-state index >= 15 is 0 Å². The minimum absolute atomic E-state index is 0.105. The first kappa shape index (κ1) is 18.2. The van der Waals surface area contributed by atoms with Crippen LogP contribution in [0.15, 0.2) is 24.3 Å². The van der Waals surface area contributed by atoms with Crippen LogP contribution in [0.5, 0.6) is 0 Å². The molecule has 1 aromatic rings. The van der Waals surface area contributed by atoms with Crippen molar-refractivity contribution in [1.29, 1.82) is 0 Å². The Labute approximate surface area is 153 Å². The summed E-state index contributed by atoms with van der Waals surface area (Å²) in [5.74, 6) is -1.14. The van der Waals surface area contributed by atoms with Crippen molar-refractivity contribution in [2.24, 2.45) is 11.8 Å². The predicted octanol–water partition coefficient (Wildman–Crippen LogP) is 2.78. The first-order valence-electron chi connectivity index (χ1n) is 9.13. The van der Waals surface area contributed by atoms with Gasteiger partial charge in [-0.25, -0.2) is 4.79 Å². The summed E-state index contributed by atoms with van der Waals surface area (Å²) < 4.78 is 0. The number of hydrogen-bond acceptors (Lipinski definition) is 3. The molecule has 7 heteroatoms. The van der Waals surface area contributed by atoms with Crippen molar-refractivity contribution in [2.75, 3.05) is 29.9 Å². The third kappa shape index (κ3) is 4.15. The van der Waals surface area contributed by atoms with Gasteiger partial charge in [0.05, 0.1) is 5.92 Å². The zero-order valence-electron chi connectivity index (χ0n) is 15.0. The molecule has 26 heavy (non-hydrogen) atoms. The Bertz CT molecular complexity index is 706. The van der Waals surface area contributed by atoms with E-state index in [0.717, 1.165) is 18.5 Å². The van der Waals surface area contributed by atoms with E-state index in [9.17, 15) is 19.5 Å². The molecule has 140 valence electrons. The highest BCUT2D eigenvalue weighted by molar-refractivity contribution is 5.95. The number of nitrogens with one attached hydrogen (secondary N) is 1. The first-order valence-corrected chi connectivity index (χ1v) is 9.13. The minimum atomic E-state index is -0.861. The molecule has 0 saturated carbocycles. The number of carbonyl (C=O) groups is 3. The Morgan fingerprint density at radius 1 is 1.23 bits per heavy atom. The van der Waals surface area contributed by atoms with E-state index in [-0.39, 0.29) is 24.4 Å². The van der Waals surface area contributed by atoms with Crippen molar-refractivity contribution in [1.82, 2.24) is 4.90 Å². The fourth-order valence-electron chi connectivity index (χ4n) is 3.73. The minimum Gasteiger partial charge on any atom is -0.481 e. The van der Waals surface area contributed by atoms with Gasteiger partial charge in [0.15, 0.2) is 0 Å². The van der Waals surface area contributed by atoms with Crippen LogP contribution in [0.1, 0.15) is 32.6 Å². The molecule has 2 N–H and O–H groups in total. The average molecular weight is 359 g/mol. The quantitative estimate of drug-likeness (QED) is 0.868. The van der Waals surface area contributed by atoms with Gasteiger partial charge in [-0.1, -0.05) is 13.0 Å². The van der Waals surface area contributed by atoms with Crippen molar-refractivity contribution in [3.8, 4) is 0 Å². The van der Waals surface area contributed by atoms with Gasteiger partial charge in [-0.3, -0.25) is 9.59 Å². The van der Waals surface area contributed by atoms with E-state index in [0.29, 0.717) is 31.6 Å². The number of carboxylic acid groups (broad SMARTS) is 1. The monoisotopic (exact) mass is 359 g/mol. The molecule has 0 aliphatic carbocycles. The number of likely N-dealkylation sites (tertiary alicyclic amines) is 1. The molecule has 2 saturated heterocycles. The van der Waals surface area contributed by atoms with Crippen LogP contribution < -0.4 is 10.2 Å². The van der Waals surface area contributed by atoms with E-state index in [1.54, 1.807) is 21.9 Å². The fraction of sp³-hybridized carbons (Fsp3) is 0.526. The van der Waals surface area contributed by atoms with Crippen LogP contribution in [0, 0.1) is 11.8 Å². The van der Waals surface area contributed by atoms with Crippen molar-refractivity contribution < 1.29 is 19.5 Å². The molecule has 0 bridgehead atoms. The lowest BCUT2D eigenvalue weighted by atomic mass is 9.91. The van der Waals surface area contributed by atoms with Gasteiger partial charge >= 0.3 is 12.0 Å². The molecule has 2 aliphatic rings. The lowest BCUT2D eigenvalue weighted by Crippen LogP contribution is -2.47. The number of amides is 3. The van der Waals surface area contributed by atoms with Gasteiger partial charge in [0.2, 0.25) is 5.91 Å². The number of anilines is 2. The van der Waals surface area contributed by atoms with Crippen LogP contribution >= 0.6 is 0 Å². The molecule has 0 spiro atoms. The molecule has 0 radical (unpaired) electrons. The number of carboxylic acids is 1. The van der Waals surface area contributed by atoms with Gasteiger partial charge in [0.1, 0.15) is 0 Å². The predicted molar refractivity (Wildman–Crippen MR) is 98.1 cm³/mol. The summed E-state index contributed by atoms with van der Waals surface area (Å²) in [6.45, 7) is 3.41. The number of rotatable bonds is 3. The number of carbonyl (C=O) groups excluding carboxylic acids is 2. The van der Waals surface area contributed by atoms with Gasteiger partial charge in [0, 0.05) is 37.4 Å². The fourth-order valence-corrected chi connectivity index (χ4v) is 3.73. The van der Waals surface area contributed by atoms with Crippen LogP contribution in [0.2, 0.25) is 0 Å². The molecule has 2 unspecified atom stereocenters. The molecule has 7 nitrogen and oxygen atoms in total. The topological polar surface area (TPSA) is 89.9 Å². The first-order chi connectivity index (χ1) is 12.4. The highest BCUT2D eigenvalue weighted by atomic mass is 16.4. The third-order valence-electron chi connectivity index (χ3n) is 5.03. The van der Waals surface area contributed by atoms with Gasteiger partial charge in [0.25, 0.3) is 0 Å². The molecule has 0 aromatic heterocycles. The van der Waals surface area contributed by atoms with E-state index < -0.39 is 11.9 Å². The van der Waals surface area contributed by atoms with Gasteiger partial charge in [-0.05, 0) is 43.4 Å². The summed E-state index contributed by atoms with van der Waals surface area (Å²) in [6, 6.07) is 6.94. The largest absolute Gasteiger partial charge is 0.481 e. The van der Waals surface area contributed by atoms with E-state index in [2.05, 4.69) is 5.32 Å². The van der Waals surface area contributed by atoms with Crippen molar-refractivity contribution in [2.45, 2.75) is 32.6 Å². The molecular formula is C19H25N3O4.